The molecule has 0 spiro atoms. The number of thiophene rings is 1. The normalized spacial score (nSPS) is 17.6. The molecule has 84 valence electrons. The van der Waals surface area contributed by atoms with Gasteiger partial charge in [-0.05, 0) is 36.2 Å². The molecule has 1 aliphatic carbocycles. The Morgan fingerprint density at radius 2 is 2.31 bits per heavy atom. The van der Waals surface area contributed by atoms with Crippen LogP contribution in [0.3, 0.4) is 0 Å². The Bertz CT molecular complexity index is 503. The Kier molecular flexibility index (Phi) is 2.29. The van der Waals surface area contributed by atoms with Crippen molar-refractivity contribution in [2.45, 2.75) is 12.8 Å². The number of fused-ring (bicyclic) bond motifs is 1. The summed E-state index contributed by atoms with van der Waals surface area (Å²) >= 11 is 1.64. The van der Waals surface area contributed by atoms with E-state index in [-0.39, 0.29) is 0 Å². The first-order valence-corrected chi connectivity index (χ1v) is 6.33. The molecule has 0 saturated heterocycles. The average Bonchev–Trinajstić information content (AvgIpc) is 2.94. The van der Waals surface area contributed by atoms with Gasteiger partial charge in [0.15, 0.2) is 0 Å². The molecule has 0 atom stereocenters. The molecule has 0 unspecified atom stereocenters. The second-order valence-electron chi connectivity index (χ2n) is 4.42. The smallest absolute Gasteiger partial charge is 0.138 e. The molecule has 1 fully saturated rings. The lowest BCUT2D eigenvalue weighted by molar-refractivity contribution is 0.555. The van der Waals surface area contributed by atoms with Crippen LogP contribution in [-0.4, -0.2) is 23.1 Å². The zero-order chi connectivity index (χ0) is 11.0. The van der Waals surface area contributed by atoms with Gasteiger partial charge >= 0.3 is 0 Å². The molecule has 2 heterocycles. The van der Waals surface area contributed by atoms with Crippen molar-refractivity contribution in [1.82, 2.24) is 9.97 Å². The van der Waals surface area contributed by atoms with Crippen LogP contribution in [0.4, 0.5) is 5.82 Å². The van der Waals surface area contributed by atoms with Crippen molar-refractivity contribution in [1.29, 1.82) is 0 Å². The zero-order valence-electron chi connectivity index (χ0n) is 8.94. The first-order valence-electron chi connectivity index (χ1n) is 5.45. The zero-order valence-corrected chi connectivity index (χ0v) is 9.76. The van der Waals surface area contributed by atoms with Gasteiger partial charge in [-0.15, -0.1) is 11.3 Å². The van der Waals surface area contributed by atoms with E-state index >= 15 is 0 Å². The van der Waals surface area contributed by atoms with E-state index in [1.165, 1.54) is 12.8 Å². The number of aromatic nitrogens is 2. The maximum absolute atomic E-state index is 5.75. The van der Waals surface area contributed by atoms with Gasteiger partial charge in [-0.2, -0.15) is 0 Å². The van der Waals surface area contributed by atoms with Crippen molar-refractivity contribution >= 4 is 27.4 Å². The summed E-state index contributed by atoms with van der Waals surface area (Å²) in [5.74, 6) is 0.936. The van der Waals surface area contributed by atoms with Gasteiger partial charge in [-0.3, -0.25) is 0 Å². The van der Waals surface area contributed by atoms with Crippen LogP contribution in [0.2, 0.25) is 0 Å². The summed E-state index contributed by atoms with van der Waals surface area (Å²) in [5, 5.41) is 6.56. The minimum absolute atomic E-state index is 0.327. The first kappa shape index (κ1) is 9.99. The average molecular weight is 234 g/mol. The summed E-state index contributed by atoms with van der Waals surface area (Å²) in [6, 6.07) is 2.06. The second-order valence-corrected chi connectivity index (χ2v) is 5.31. The SMILES string of the molecule is NCC1(CNc2ncnc3sccc23)CC1. The monoisotopic (exact) mass is 234 g/mol. The highest BCUT2D eigenvalue weighted by atomic mass is 32.1. The lowest BCUT2D eigenvalue weighted by Gasteiger charge is -2.13. The van der Waals surface area contributed by atoms with E-state index < -0.39 is 0 Å². The van der Waals surface area contributed by atoms with Gasteiger partial charge in [0.05, 0.1) is 5.39 Å². The predicted molar refractivity (Wildman–Crippen MR) is 66.6 cm³/mol. The maximum Gasteiger partial charge on any atom is 0.138 e. The minimum atomic E-state index is 0.327. The third-order valence-electron chi connectivity index (χ3n) is 3.28. The molecular formula is C11H14N4S. The summed E-state index contributed by atoms with van der Waals surface area (Å²) in [5.41, 5.74) is 6.08. The van der Waals surface area contributed by atoms with Crippen LogP contribution in [0.25, 0.3) is 10.2 Å². The number of nitrogens with zero attached hydrogens (tertiary/aromatic N) is 2. The summed E-state index contributed by atoms with van der Waals surface area (Å²) in [7, 11) is 0. The number of hydrogen-bond donors (Lipinski definition) is 2. The lowest BCUT2D eigenvalue weighted by Crippen LogP contribution is -2.24. The van der Waals surface area contributed by atoms with Crippen LogP contribution in [0.5, 0.6) is 0 Å². The van der Waals surface area contributed by atoms with Crippen molar-refractivity contribution in [3.8, 4) is 0 Å². The van der Waals surface area contributed by atoms with Crippen molar-refractivity contribution in [3.63, 3.8) is 0 Å². The largest absolute Gasteiger partial charge is 0.369 e. The quantitative estimate of drug-likeness (QED) is 0.847. The van der Waals surface area contributed by atoms with E-state index in [0.29, 0.717) is 5.41 Å². The number of rotatable bonds is 4. The molecule has 0 aromatic carbocycles. The molecule has 4 nitrogen and oxygen atoms in total. The van der Waals surface area contributed by atoms with E-state index in [1.54, 1.807) is 17.7 Å². The Labute approximate surface area is 97.9 Å². The molecule has 0 amide bonds. The Morgan fingerprint density at radius 3 is 3.06 bits per heavy atom. The van der Waals surface area contributed by atoms with Crippen LogP contribution in [-0.2, 0) is 0 Å². The highest BCUT2D eigenvalue weighted by Crippen LogP contribution is 2.44. The van der Waals surface area contributed by atoms with Gasteiger partial charge in [0, 0.05) is 6.54 Å². The molecule has 0 bridgehead atoms. The van der Waals surface area contributed by atoms with Crippen LogP contribution in [0, 0.1) is 5.41 Å². The number of hydrogen-bond acceptors (Lipinski definition) is 5. The van der Waals surface area contributed by atoms with Crippen LogP contribution in [0.1, 0.15) is 12.8 Å². The van der Waals surface area contributed by atoms with Crippen LogP contribution < -0.4 is 11.1 Å². The van der Waals surface area contributed by atoms with Crippen LogP contribution in [0.15, 0.2) is 17.8 Å². The van der Waals surface area contributed by atoms with E-state index in [9.17, 15) is 0 Å². The number of nitrogens with one attached hydrogen (secondary N) is 1. The molecule has 16 heavy (non-hydrogen) atoms. The number of anilines is 1. The fourth-order valence-corrected chi connectivity index (χ4v) is 2.56. The fourth-order valence-electron chi connectivity index (χ4n) is 1.83. The molecule has 2 aromatic heterocycles. The van der Waals surface area contributed by atoms with E-state index in [4.69, 9.17) is 5.73 Å². The Balaban J connectivity index is 1.81. The third-order valence-corrected chi connectivity index (χ3v) is 4.10. The van der Waals surface area contributed by atoms with Gasteiger partial charge in [0.25, 0.3) is 0 Å². The molecule has 0 aliphatic heterocycles. The summed E-state index contributed by atoms with van der Waals surface area (Å²) < 4.78 is 0. The van der Waals surface area contributed by atoms with Crippen molar-refractivity contribution < 1.29 is 0 Å². The topological polar surface area (TPSA) is 63.8 Å². The van der Waals surface area contributed by atoms with Crippen LogP contribution >= 0.6 is 11.3 Å². The van der Waals surface area contributed by atoms with E-state index in [2.05, 4.69) is 21.4 Å². The second kappa shape index (κ2) is 3.68. The van der Waals surface area contributed by atoms with Gasteiger partial charge in [-0.25, -0.2) is 9.97 Å². The molecule has 3 rings (SSSR count). The van der Waals surface area contributed by atoms with Crippen molar-refractivity contribution in [3.05, 3.63) is 17.8 Å². The highest BCUT2D eigenvalue weighted by molar-refractivity contribution is 7.16. The first-order chi connectivity index (χ1) is 7.83. The highest BCUT2D eigenvalue weighted by Gasteiger charge is 2.40. The minimum Gasteiger partial charge on any atom is -0.369 e. The number of nitrogens with two attached hydrogens (primary N) is 1. The van der Waals surface area contributed by atoms with Gasteiger partial charge in [0.2, 0.25) is 0 Å². The molecule has 3 N–H and O–H groups in total. The molecule has 1 saturated carbocycles. The van der Waals surface area contributed by atoms with Gasteiger partial charge in [-0.1, -0.05) is 0 Å². The predicted octanol–water partition coefficient (Wildman–Crippen LogP) is 1.84. The van der Waals surface area contributed by atoms with E-state index in [0.717, 1.165) is 29.1 Å². The lowest BCUT2D eigenvalue weighted by atomic mass is 10.1. The summed E-state index contributed by atoms with van der Waals surface area (Å²) in [6.45, 7) is 1.68. The Morgan fingerprint density at radius 1 is 1.44 bits per heavy atom. The molecule has 1 aliphatic rings. The third kappa shape index (κ3) is 1.66. The van der Waals surface area contributed by atoms with Crippen molar-refractivity contribution in [2.75, 3.05) is 18.4 Å². The standard InChI is InChI=1S/C11H14N4S/c12-5-11(2-3-11)6-13-9-8-1-4-16-10(8)15-7-14-9/h1,4,7H,2-3,5-6,12H2,(H,13,14,15). The maximum atomic E-state index is 5.75. The summed E-state index contributed by atoms with van der Waals surface area (Å²) in [4.78, 5) is 9.55. The molecule has 5 heteroatoms. The molecule has 2 aromatic rings. The van der Waals surface area contributed by atoms with E-state index in [1.807, 2.05) is 5.38 Å². The Hall–Kier alpha value is -1.20. The fraction of sp³-hybridized carbons (Fsp3) is 0.455. The van der Waals surface area contributed by atoms with Gasteiger partial charge in [0.1, 0.15) is 17.0 Å². The van der Waals surface area contributed by atoms with Gasteiger partial charge < -0.3 is 11.1 Å². The summed E-state index contributed by atoms with van der Waals surface area (Å²) in [6.07, 6.45) is 4.08. The molecule has 0 radical (unpaired) electrons. The molecular weight excluding hydrogens is 220 g/mol. The van der Waals surface area contributed by atoms with Crippen molar-refractivity contribution in [2.24, 2.45) is 11.1 Å².